The first-order valence-electron chi connectivity index (χ1n) is 9.23. The van der Waals surface area contributed by atoms with Crippen LogP contribution in [0.3, 0.4) is 0 Å². The molecule has 146 valence electrons. The zero-order valence-electron chi connectivity index (χ0n) is 16.2. The first-order valence-corrected chi connectivity index (χ1v) is 10.0. The van der Waals surface area contributed by atoms with Gasteiger partial charge in [-0.15, -0.1) is 0 Å². The fourth-order valence-corrected chi connectivity index (χ4v) is 3.25. The second-order valence-corrected chi connectivity index (χ2v) is 7.75. The molecule has 2 aromatic carbocycles. The van der Waals surface area contributed by atoms with Gasteiger partial charge in [0.2, 0.25) is 0 Å². The van der Waals surface area contributed by atoms with Crippen molar-refractivity contribution in [3.63, 3.8) is 0 Å². The van der Waals surface area contributed by atoms with Crippen LogP contribution in [0.15, 0.2) is 52.6 Å². The van der Waals surface area contributed by atoms with Crippen LogP contribution in [-0.4, -0.2) is 22.9 Å². The molecule has 0 spiro atoms. The third-order valence-electron chi connectivity index (χ3n) is 4.59. The van der Waals surface area contributed by atoms with E-state index in [0.29, 0.717) is 0 Å². The molecule has 3 amide bonds. The maximum absolute atomic E-state index is 12.7. The van der Waals surface area contributed by atoms with Crippen molar-refractivity contribution in [2.75, 3.05) is 0 Å². The first-order chi connectivity index (χ1) is 13.4. The van der Waals surface area contributed by atoms with Gasteiger partial charge in [-0.05, 0) is 65.5 Å². The normalized spacial score (nSPS) is 16.4. The summed E-state index contributed by atoms with van der Waals surface area (Å²) in [6.07, 6.45) is 2.70. The van der Waals surface area contributed by atoms with Gasteiger partial charge < -0.3 is 10.1 Å². The van der Waals surface area contributed by atoms with E-state index in [1.807, 2.05) is 56.3 Å². The molecule has 6 heteroatoms. The van der Waals surface area contributed by atoms with Gasteiger partial charge in [0.1, 0.15) is 11.4 Å². The zero-order valence-corrected chi connectivity index (χ0v) is 17.7. The van der Waals surface area contributed by atoms with Crippen LogP contribution in [-0.2, 0) is 11.3 Å². The predicted molar refractivity (Wildman–Crippen MR) is 113 cm³/mol. The molecule has 1 fully saturated rings. The van der Waals surface area contributed by atoms with Gasteiger partial charge in [0, 0.05) is 0 Å². The maximum Gasteiger partial charge on any atom is 0.329 e. The van der Waals surface area contributed by atoms with E-state index >= 15 is 0 Å². The number of hydrogen-bond acceptors (Lipinski definition) is 3. The number of rotatable bonds is 6. The van der Waals surface area contributed by atoms with Gasteiger partial charge in [-0.2, -0.15) is 0 Å². The Morgan fingerprint density at radius 3 is 2.54 bits per heavy atom. The lowest BCUT2D eigenvalue weighted by molar-refractivity contribution is -0.123. The largest absolute Gasteiger partial charge is 0.490 e. The fraction of sp³-hybridized carbons (Fsp3) is 0.273. The van der Waals surface area contributed by atoms with E-state index in [2.05, 4.69) is 28.2 Å². The van der Waals surface area contributed by atoms with Crippen LogP contribution in [0.5, 0.6) is 5.75 Å². The van der Waals surface area contributed by atoms with Crippen LogP contribution in [0.25, 0.3) is 6.08 Å². The monoisotopic (exact) mass is 442 g/mol. The van der Waals surface area contributed by atoms with Crippen molar-refractivity contribution in [2.24, 2.45) is 0 Å². The van der Waals surface area contributed by atoms with Gasteiger partial charge in [-0.1, -0.05) is 42.8 Å². The molecule has 28 heavy (non-hydrogen) atoms. The van der Waals surface area contributed by atoms with Gasteiger partial charge in [-0.25, -0.2) is 4.79 Å². The Kier molecular flexibility index (Phi) is 6.19. The molecule has 2 aromatic rings. The van der Waals surface area contributed by atoms with Crippen molar-refractivity contribution in [1.29, 1.82) is 0 Å². The summed E-state index contributed by atoms with van der Waals surface area (Å²) >= 11 is 3.51. The smallest absolute Gasteiger partial charge is 0.329 e. The summed E-state index contributed by atoms with van der Waals surface area (Å²) in [4.78, 5) is 26.1. The second-order valence-electron chi connectivity index (χ2n) is 6.89. The lowest BCUT2D eigenvalue weighted by atomic mass is 10.1. The van der Waals surface area contributed by atoms with Gasteiger partial charge in [0.15, 0.2) is 0 Å². The molecule has 0 aromatic heterocycles. The number of carbonyl (C=O) groups is 2. The summed E-state index contributed by atoms with van der Waals surface area (Å²) in [5.41, 5.74) is 3.10. The molecule has 3 rings (SSSR count). The quantitative estimate of drug-likeness (QED) is 0.504. The molecule has 0 aliphatic carbocycles. The molecule has 0 saturated carbocycles. The van der Waals surface area contributed by atoms with Crippen molar-refractivity contribution < 1.29 is 14.3 Å². The van der Waals surface area contributed by atoms with Crippen molar-refractivity contribution >= 4 is 33.9 Å². The molecule has 1 heterocycles. The number of ether oxygens (including phenoxy) is 1. The third-order valence-corrected chi connectivity index (χ3v) is 5.21. The predicted octanol–water partition coefficient (Wildman–Crippen LogP) is 5.03. The van der Waals surface area contributed by atoms with Gasteiger partial charge >= 0.3 is 6.03 Å². The van der Waals surface area contributed by atoms with E-state index < -0.39 is 6.03 Å². The number of carbonyl (C=O) groups excluding carboxylic acids is 2. The first kappa shape index (κ1) is 20.1. The van der Waals surface area contributed by atoms with Crippen molar-refractivity contribution in [2.45, 2.75) is 39.8 Å². The van der Waals surface area contributed by atoms with Crippen molar-refractivity contribution in [3.8, 4) is 5.75 Å². The molecule has 5 nitrogen and oxygen atoms in total. The Morgan fingerprint density at radius 1 is 1.18 bits per heavy atom. The Hall–Kier alpha value is -2.60. The van der Waals surface area contributed by atoms with Gasteiger partial charge in [-0.3, -0.25) is 9.69 Å². The molecule has 0 radical (unpaired) electrons. The summed E-state index contributed by atoms with van der Waals surface area (Å²) in [6.45, 7) is 6.31. The highest BCUT2D eigenvalue weighted by Crippen LogP contribution is 2.28. The minimum atomic E-state index is -0.410. The number of imide groups is 1. The molecule has 1 N–H and O–H groups in total. The van der Waals surface area contributed by atoms with Crippen LogP contribution >= 0.6 is 15.9 Å². The van der Waals surface area contributed by atoms with Crippen LogP contribution in [0.4, 0.5) is 4.79 Å². The number of amides is 3. The van der Waals surface area contributed by atoms with Crippen LogP contribution in [0.2, 0.25) is 0 Å². The highest BCUT2D eigenvalue weighted by atomic mass is 79.9. The average Bonchev–Trinajstić information content (AvgIpc) is 2.93. The molecule has 1 aliphatic heterocycles. The minimum absolute atomic E-state index is 0.117. The molecular weight excluding hydrogens is 420 g/mol. The van der Waals surface area contributed by atoms with Crippen LogP contribution in [0.1, 0.15) is 37.0 Å². The van der Waals surface area contributed by atoms with Crippen LogP contribution in [0, 0.1) is 6.92 Å². The van der Waals surface area contributed by atoms with E-state index in [1.165, 1.54) is 4.90 Å². The summed E-state index contributed by atoms with van der Waals surface area (Å²) in [7, 11) is 0. The van der Waals surface area contributed by atoms with E-state index in [0.717, 1.165) is 33.3 Å². The third kappa shape index (κ3) is 4.62. The number of hydrogen-bond donors (Lipinski definition) is 1. The van der Waals surface area contributed by atoms with E-state index in [4.69, 9.17) is 4.74 Å². The number of urea groups is 1. The highest BCUT2D eigenvalue weighted by molar-refractivity contribution is 9.10. The lowest BCUT2D eigenvalue weighted by Gasteiger charge is -2.14. The molecule has 1 atom stereocenters. The summed E-state index contributed by atoms with van der Waals surface area (Å²) in [6, 6.07) is 12.9. The molecule has 0 bridgehead atoms. The van der Waals surface area contributed by atoms with Gasteiger partial charge in [0.05, 0.1) is 17.1 Å². The minimum Gasteiger partial charge on any atom is -0.490 e. The van der Waals surface area contributed by atoms with Crippen LogP contribution < -0.4 is 10.1 Å². The topological polar surface area (TPSA) is 58.6 Å². The number of aryl methyl sites for hydroxylation is 1. The number of benzene rings is 2. The zero-order chi connectivity index (χ0) is 20.3. The Balaban J connectivity index is 1.76. The van der Waals surface area contributed by atoms with Crippen molar-refractivity contribution in [1.82, 2.24) is 10.2 Å². The number of nitrogens with zero attached hydrogens (tertiary/aromatic N) is 1. The Labute approximate surface area is 173 Å². The number of nitrogens with one attached hydrogen (secondary N) is 1. The summed E-state index contributed by atoms with van der Waals surface area (Å²) in [5, 5.41) is 2.66. The SMILES string of the molecule is CC[C@@H](C)Oc1ccc(/C=C2/NC(=O)N(Cc3ccc(C)cc3)C2=O)cc1Br. The second kappa shape index (κ2) is 8.61. The van der Waals surface area contributed by atoms with E-state index in [9.17, 15) is 9.59 Å². The molecular formula is C22H23BrN2O3. The Morgan fingerprint density at radius 2 is 1.89 bits per heavy atom. The molecule has 1 saturated heterocycles. The lowest BCUT2D eigenvalue weighted by Crippen LogP contribution is -2.30. The van der Waals surface area contributed by atoms with E-state index in [1.54, 1.807) is 6.08 Å². The fourth-order valence-electron chi connectivity index (χ4n) is 2.76. The van der Waals surface area contributed by atoms with Crippen molar-refractivity contribution in [3.05, 3.63) is 69.3 Å². The average molecular weight is 443 g/mol. The highest BCUT2D eigenvalue weighted by Gasteiger charge is 2.33. The standard InChI is InChI=1S/C22H23BrN2O3/c1-4-15(3)28-20-10-9-17(11-18(20)23)12-19-21(26)25(22(27)24-19)13-16-7-5-14(2)6-8-16/h5-12,15H,4,13H2,1-3H3,(H,24,27)/b19-12+/t15-/m1/s1. The van der Waals surface area contributed by atoms with E-state index in [-0.39, 0.29) is 24.3 Å². The molecule has 1 aliphatic rings. The van der Waals surface area contributed by atoms with Gasteiger partial charge in [0.25, 0.3) is 5.91 Å². The maximum atomic E-state index is 12.7. The summed E-state index contributed by atoms with van der Waals surface area (Å²) < 4.78 is 6.64. The Bertz CT molecular complexity index is 922. The molecule has 0 unspecified atom stereocenters. The number of halogens is 1. The summed E-state index contributed by atoms with van der Waals surface area (Å²) in [5.74, 6) is 0.418.